The van der Waals surface area contributed by atoms with E-state index in [0.29, 0.717) is 6.61 Å². The first-order chi connectivity index (χ1) is 8.74. The van der Waals surface area contributed by atoms with Gasteiger partial charge in [-0.1, -0.05) is 46.5 Å². The number of rotatable bonds is 13. The maximum absolute atomic E-state index is 9.39. The molecular formula is C16H36ClNO. The predicted molar refractivity (Wildman–Crippen MR) is 80.8 cm³/mol. The molecule has 0 fully saturated rings. The largest absolute Gasteiger partial charge is 1.00 e. The third-order valence-corrected chi connectivity index (χ3v) is 4.03. The monoisotopic (exact) mass is 293 g/mol. The molecule has 0 aliphatic rings. The van der Waals surface area contributed by atoms with Gasteiger partial charge in [0.25, 0.3) is 0 Å². The van der Waals surface area contributed by atoms with Gasteiger partial charge in [0.1, 0.15) is 6.54 Å². The standard InChI is InChI=1S/C16H36NO.ClH/c1-4-7-10-11-14-17(15-16-18,12-8-5-2)13-9-6-3;/h18H,4-16H2,1-3H3;1H/q+1;/p-1. The minimum Gasteiger partial charge on any atom is -1.00 e. The lowest BCUT2D eigenvalue weighted by Gasteiger charge is -2.38. The van der Waals surface area contributed by atoms with E-state index in [2.05, 4.69) is 20.8 Å². The number of nitrogens with zero attached hydrogens (tertiary/aromatic N) is 1. The van der Waals surface area contributed by atoms with Crippen molar-refractivity contribution in [3.8, 4) is 0 Å². The molecule has 19 heavy (non-hydrogen) atoms. The Morgan fingerprint density at radius 2 is 1.11 bits per heavy atom. The molecule has 0 saturated heterocycles. The molecule has 0 heterocycles. The van der Waals surface area contributed by atoms with E-state index in [1.165, 1.54) is 75.5 Å². The molecule has 3 heteroatoms. The normalized spacial score (nSPS) is 11.4. The third kappa shape index (κ3) is 10.6. The van der Waals surface area contributed by atoms with E-state index in [4.69, 9.17) is 0 Å². The van der Waals surface area contributed by atoms with Crippen molar-refractivity contribution >= 4 is 0 Å². The first-order valence-corrected chi connectivity index (χ1v) is 8.20. The van der Waals surface area contributed by atoms with Gasteiger partial charge in [0.15, 0.2) is 0 Å². The third-order valence-electron chi connectivity index (χ3n) is 4.03. The van der Waals surface area contributed by atoms with Crippen LogP contribution in [0.1, 0.15) is 72.1 Å². The van der Waals surface area contributed by atoms with Gasteiger partial charge in [-0.25, -0.2) is 0 Å². The van der Waals surface area contributed by atoms with Crippen molar-refractivity contribution in [1.82, 2.24) is 0 Å². The Bertz CT molecular complexity index is 168. The Morgan fingerprint density at radius 1 is 0.632 bits per heavy atom. The highest BCUT2D eigenvalue weighted by molar-refractivity contribution is 4.49. The molecule has 0 bridgehead atoms. The Kier molecular flexibility index (Phi) is 16.5. The highest BCUT2D eigenvalue weighted by Crippen LogP contribution is 2.15. The van der Waals surface area contributed by atoms with Crippen molar-refractivity contribution in [3.63, 3.8) is 0 Å². The van der Waals surface area contributed by atoms with E-state index in [9.17, 15) is 5.11 Å². The molecule has 0 aliphatic carbocycles. The smallest absolute Gasteiger partial charge is 0.102 e. The highest BCUT2D eigenvalue weighted by atomic mass is 35.5. The van der Waals surface area contributed by atoms with Crippen LogP contribution < -0.4 is 12.4 Å². The van der Waals surface area contributed by atoms with Gasteiger partial charge in [0.05, 0.1) is 26.2 Å². The van der Waals surface area contributed by atoms with Crippen LogP contribution in [0.3, 0.4) is 0 Å². The van der Waals surface area contributed by atoms with Crippen LogP contribution >= 0.6 is 0 Å². The molecule has 0 aliphatic heterocycles. The lowest BCUT2D eigenvalue weighted by molar-refractivity contribution is -0.929. The first-order valence-electron chi connectivity index (χ1n) is 8.20. The van der Waals surface area contributed by atoms with Crippen LogP contribution in [-0.4, -0.2) is 42.4 Å². The quantitative estimate of drug-likeness (QED) is 0.396. The second-order valence-corrected chi connectivity index (χ2v) is 5.73. The minimum absolute atomic E-state index is 0. The van der Waals surface area contributed by atoms with Crippen LogP contribution in [0, 0.1) is 0 Å². The molecule has 0 unspecified atom stereocenters. The SMILES string of the molecule is CCCCCC[N+](CCO)(CCCC)CCCC.[Cl-]. The molecule has 118 valence electrons. The summed E-state index contributed by atoms with van der Waals surface area (Å²) in [6, 6.07) is 0. The van der Waals surface area contributed by atoms with Crippen molar-refractivity contribution in [2.24, 2.45) is 0 Å². The van der Waals surface area contributed by atoms with E-state index in [1.807, 2.05) is 0 Å². The summed E-state index contributed by atoms with van der Waals surface area (Å²) in [5.41, 5.74) is 0. The number of aliphatic hydroxyl groups is 1. The molecule has 0 radical (unpaired) electrons. The summed E-state index contributed by atoms with van der Waals surface area (Å²) in [6.07, 6.45) is 10.5. The van der Waals surface area contributed by atoms with Gasteiger partial charge in [-0.3, -0.25) is 0 Å². The number of aliphatic hydroxyl groups excluding tert-OH is 1. The average molecular weight is 294 g/mol. The molecule has 1 N–H and O–H groups in total. The molecule has 2 nitrogen and oxygen atoms in total. The molecular weight excluding hydrogens is 258 g/mol. The van der Waals surface area contributed by atoms with Crippen LogP contribution in [-0.2, 0) is 0 Å². The van der Waals surface area contributed by atoms with Crippen molar-refractivity contribution in [1.29, 1.82) is 0 Å². The van der Waals surface area contributed by atoms with Crippen molar-refractivity contribution in [2.45, 2.75) is 72.1 Å². The van der Waals surface area contributed by atoms with Crippen LogP contribution in [0.4, 0.5) is 0 Å². The Hall–Kier alpha value is 0.210. The van der Waals surface area contributed by atoms with Gasteiger partial charge in [0.2, 0.25) is 0 Å². The lowest BCUT2D eigenvalue weighted by atomic mass is 10.1. The van der Waals surface area contributed by atoms with E-state index in [1.54, 1.807) is 0 Å². The summed E-state index contributed by atoms with van der Waals surface area (Å²) >= 11 is 0. The molecule has 0 spiro atoms. The van der Waals surface area contributed by atoms with Crippen LogP contribution in [0.2, 0.25) is 0 Å². The van der Waals surface area contributed by atoms with Gasteiger partial charge >= 0.3 is 0 Å². The van der Waals surface area contributed by atoms with Crippen molar-refractivity contribution in [2.75, 3.05) is 32.8 Å². The number of hydrogen-bond acceptors (Lipinski definition) is 1. The predicted octanol–water partition coefficient (Wildman–Crippen LogP) is 0.980. The summed E-state index contributed by atoms with van der Waals surface area (Å²) in [7, 11) is 0. The highest BCUT2D eigenvalue weighted by Gasteiger charge is 2.24. The van der Waals surface area contributed by atoms with Crippen LogP contribution in [0.25, 0.3) is 0 Å². The average Bonchev–Trinajstić information content (AvgIpc) is 2.39. The van der Waals surface area contributed by atoms with Crippen LogP contribution in [0.5, 0.6) is 0 Å². The Morgan fingerprint density at radius 3 is 1.53 bits per heavy atom. The molecule has 0 aromatic carbocycles. The Labute approximate surface area is 127 Å². The zero-order valence-electron chi connectivity index (χ0n) is 13.5. The van der Waals surface area contributed by atoms with Crippen LogP contribution in [0.15, 0.2) is 0 Å². The number of hydrogen-bond donors (Lipinski definition) is 1. The van der Waals surface area contributed by atoms with Gasteiger partial charge < -0.3 is 22.0 Å². The van der Waals surface area contributed by atoms with Gasteiger partial charge in [-0.05, 0) is 25.7 Å². The molecule has 0 aromatic heterocycles. The molecule has 0 rings (SSSR count). The molecule has 0 aromatic rings. The number of quaternary nitrogens is 1. The lowest BCUT2D eigenvalue weighted by Crippen LogP contribution is -3.00. The van der Waals surface area contributed by atoms with E-state index < -0.39 is 0 Å². The van der Waals surface area contributed by atoms with E-state index in [0.717, 1.165) is 6.54 Å². The van der Waals surface area contributed by atoms with E-state index >= 15 is 0 Å². The fraction of sp³-hybridized carbons (Fsp3) is 1.00. The van der Waals surface area contributed by atoms with Crippen molar-refractivity contribution in [3.05, 3.63) is 0 Å². The first kappa shape index (κ1) is 21.5. The molecule has 0 amide bonds. The summed E-state index contributed by atoms with van der Waals surface area (Å²) in [6.45, 7) is 11.9. The second kappa shape index (κ2) is 14.6. The zero-order chi connectivity index (χ0) is 13.7. The van der Waals surface area contributed by atoms with Gasteiger partial charge in [-0.15, -0.1) is 0 Å². The fourth-order valence-corrected chi connectivity index (χ4v) is 2.74. The van der Waals surface area contributed by atoms with E-state index in [-0.39, 0.29) is 12.4 Å². The second-order valence-electron chi connectivity index (χ2n) is 5.73. The topological polar surface area (TPSA) is 20.2 Å². The molecule has 0 saturated carbocycles. The zero-order valence-corrected chi connectivity index (χ0v) is 14.2. The summed E-state index contributed by atoms with van der Waals surface area (Å²) in [5.74, 6) is 0. The maximum atomic E-state index is 9.39. The summed E-state index contributed by atoms with van der Waals surface area (Å²) in [5, 5.41) is 9.39. The maximum Gasteiger partial charge on any atom is 0.102 e. The summed E-state index contributed by atoms with van der Waals surface area (Å²) in [4.78, 5) is 0. The van der Waals surface area contributed by atoms with Gasteiger partial charge in [0, 0.05) is 0 Å². The Balaban J connectivity index is 0. The fourth-order valence-electron chi connectivity index (χ4n) is 2.74. The summed E-state index contributed by atoms with van der Waals surface area (Å²) < 4.78 is 1.17. The number of unbranched alkanes of at least 4 members (excludes halogenated alkanes) is 5. The number of halogens is 1. The van der Waals surface area contributed by atoms with Crippen molar-refractivity contribution < 1.29 is 22.0 Å². The van der Waals surface area contributed by atoms with Gasteiger partial charge in [-0.2, -0.15) is 0 Å². The molecule has 0 atom stereocenters. The minimum atomic E-state index is 0.